The van der Waals surface area contributed by atoms with Gasteiger partial charge in [-0.15, -0.1) is 10.2 Å². The lowest BCUT2D eigenvalue weighted by atomic mass is 10.0. The maximum absolute atomic E-state index is 12.5. The monoisotopic (exact) mass is 406 g/mol. The molecule has 30 heavy (non-hydrogen) atoms. The van der Waals surface area contributed by atoms with E-state index in [0.29, 0.717) is 5.89 Å². The summed E-state index contributed by atoms with van der Waals surface area (Å²) in [6, 6.07) is 11.3. The smallest absolute Gasteiger partial charge is 0.311 e. The molecule has 0 saturated heterocycles. The molecular weight excluding hydrogens is 384 g/mol. The van der Waals surface area contributed by atoms with Crippen molar-refractivity contribution in [1.29, 1.82) is 0 Å². The first-order valence-corrected chi connectivity index (χ1v) is 9.59. The number of ether oxygens (including phenoxy) is 2. The zero-order chi connectivity index (χ0) is 21.3. The molecule has 0 saturated carbocycles. The Labute approximate surface area is 173 Å². The van der Waals surface area contributed by atoms with E-state index in [1.807, 2.05) is 38.1 Å². The fourth-order valence-corrected chi connectivity index (χ4v) is 3.17. The van der Waals surface area contributed by atoms with Crippen LogP contribution in [0.2, 0.25) is 0 Å². The number of hydrogen-bond acceptors (Lipinski definition) is 7. The molecular formula is C23H22N2O5. The van der Waals surface area contributed by atoms with Gasteiger partial charge in [-0.05, 0) is 68.3 Å². The first-order chi connectivity index (χ1) is 14.4. The second kappa shape index (κ2) is 8.02. The lowest BCUT2D eigenvalue weighted by Crippen LogP contribution is -2.11. The van der Waals surface area contributed by atoms with E-state index in [2.05, 4.69) is 10.2 Å². The summed E-state index contributed by atoms with van der Waals surface area (Å²) < 4.78 is 21.9. The number of esters is 1. The van der Waals surface area contributed by atoms with Crippen LogP contribution in [0, 0.1) is 13.8 Å². The molecule has 154 valence electrons. The number of aryl methyl sites for hydroxylation is 2. The molecule has 0 spiro atoms. The molecule has 2 aromatic carbocycles. The van der Waals surface area contributed by atoms with Gasteiger partial charge in [0.05, 0.1) is 19.8 Å². The van der Waals surface area contributed by atoms with Crippen LogP contribution in [0.1, 0.15) is 35.6 Å². The lowest BCUT2D eigenvalue weighted by Gasteiger charge is -2.09. The Morgan fingerprint density at radius 3 is 2.57 bits per heavy atom. The van der Waals surface area contributed by atoms with Crippen molar-refractivity contribution in [3.8, 4) is 17.2 Å². The third-order valence-corrected chi connectivity index (χ3v) is 5.04. The number of carbonyl (C=O) groups is 1. The quantitative estimate of drug-likeness (QED) is 0.418. The van der Waals surface area contributed by atoms with Gasteiger partial charge in [0.15, 0.2) is 6.10 Å². The molecule has 4 rings (SSSR count). The van der Waals surface area contributed by atoms with Crippen molar-refractivity contribution in [3.05, 3.63) is 65.2 Å². The van der Waals surface area contributed by atoms with Crippen LogP contribution < -0.4 is 4.74 Å². The Kier molecular flexibility index (Phi) is 5.27. The van der Waals surface area contributed by atoms with Crippen LogP contribution in [-0.2, 0) is 16.0 Å². The predicted octanol–water partition coefficient (Wildman–Crippen LogP) is 4.96. The summed E-state index contributed by atoms with van der Waals surface area (Å²) in [4.78, 5) is 12.5. The molecule has 0 N–H and O–H groups in total. The molecule has 1 atom stereocenters. The second-order valence-electron chi connectivity index (χ2n) is 7.18. The molecule has 0 radical (unpaired) electrons. The third kappa shape index (κ3) is 3.91. The lowest BCUT2D eigenvalue weighted by molar-refractivity contribution is -0.148. The van der Waals surface area contributed by atoms with E-state index in [1.165, 1.54) is 0 Å². The third-order valence-electron chi connectivity index (χ3n) is 5.04. The summed E-state index contributed by atoms with van der Waals surface area (Å²) in [7, 11) is 1.60. The van der Waals surface area contributed by atoms with Crippen molar-refractivity contribution in [2.24, 2.45) is 0 Å². The number of hydrogen-bond donors (Lipinski definition) is 0. The topological polar surface area (TPSA) is 87.6 Å². The number of rotatable bonds is 6. The van der Waals surface area contributed by atoms with Crippen LogP contribution in [0.3, 0.4) is 0 Å². The number of benzene rings is 2. The standard InChI is InChI=1S/C23H22N2O5/c1-13-9-19-17(12-28-20(19)10-14(13)2)11-21(26)29-15(3)22-24-25-23(30-22)16-5-7-18(27-4)8-6-16/h5-10,12,15H,11H2,1-4H3/t15-/m0/s1. The van der Waals surface area contributed by atoms with Crippen molar-refractivity contribution >= 4 is 16.9 Å². The van der Waals surface area contributed by atoms with Gasteiger partial charge < -0.3 is 18.3 Å². The molecule has 0 aliphatic rings. The number of carbonyl (C=O) groups excluding carboxylic acids is 1. The van der Waals surface area contributed by atoms with Crippen LogP contribution in [-0.4, -0.2) is 23.3 Å². The Balaban J connectivity index is 1.44. The number of methoxy groups -OCH3 is 1. The first kappa shape index (κ1) is 19.7. The van der Waals surface area contributed by atoms with E-state index in [1.54, 1.807) is 32.4 Å². The molecule has 0 aliphatic carbocycles. The summed E-state index contributed by atoms with van der Waals surface area (Å²) in [5.41, 5.74) is 4.58. The Morgan fingerprint density at radius 2 is 1.83 bits per heavy atom. The molecule has 7 nitrogen and oxygen atoms in total. The summed E-state index contributed by atoms with van der Waals surface area (Å²) >= 11 is 0. The van der Waals surface area contributed by atoms with Crippen molar-refractivity contribution in [2.45, 2.75) is 33.3 Å². The van der Waals surface area contributed by atoms with Gasteiger partial charge in [-0.3, -0.25) is 4.79 Å². The molecule has 4 aromatic rings. The van der Waals surface area contributed by atoms with Crippen LogP contribution >= 0.6 is 0 Å². The number of fused-ring (bicyclic) bond motifs is 1. The van der Waals surface area contributed by atoms with Gasteiger partial charge in [-0.1, -0.05) is 0 Å². The van der Waals surface area contributed by atoms with E-state index in [4.69, 9.17) is 18.3 Å². The number of furan rings is 1. The highest BCUT2D eigenvalue weighted by Gasteiger charge is 2.20. The fraction of sp³-hybridized carbons (Fsp3) is 0.261. The van der Waals surface area contributed by atoms with Gasteiger partial charge in [0.1, 0.15) is 11.3 Å². The zero-order valence-corrected chi connectivity index (χ0v) is 17.3. The molecule has 0 amide bonds. The molecule has 0 bridgehead atoms. The molecule has 0 aliphatic heterocycles. The maximum atomic E-state index is 12.5. The van der Waals surface area contributed by atoms with Crippen LogP contribution in [0.5, 0.6) is 5.75 Å². The van der Waals surface area contributed by atoms with Gasteiger partial charge in [0.2, 0.25) is 5.89 Å². The SMILES string of the molecule is COc1ccc(-c2nnc([C@H](C)OC(=O)Cc3coc4cc(C)c(C)cc34)o2)cc1. The largest absolute Gasteiger partial charge is 0.497 e. The second-order valence-corrected chi connectivity index (χ2v) is 7.18. The average molecular weight is 406 g/mol. The highest BCUT2D eigenvalue weighted by atomic mass is 16.6. The van der Waals surface area contributed by atoms with Gasteiger partial charge in [-0.2, -0.15) is 0 Å². The highest BCUT2D eigenvalue weighted by Crippen LogP contribution is 2.27. The van der Waals surface area contributed by atoms with E-state index >= 15 is 0 Å². The summed E-state index contributed by atoms with van der Waals surface area (Å²) in [6.07, 6.45) is 1.03. The molecule has 2 heterocycles. The summed E-state index contributed by atoms with van der Waals surface area (Å²) in [5.74, 6) is 0.922. The van der Waals surface area contributed by atoms with Crippen LogP contribution in [0.4, 0.5) is 0 Å². The fourth-order valence-electron chi connectivity index (χ4n) is 3.17. The minimum absolute atomic E-state index is 0.0965. The van der Waals surface area contributed by atoms with Crippen molar-refractivity contribution in [1.82, 2.24) is 10.2 Å². The van der Waals surface area contributed by atoms with E-state index < -0.39 is 12.1 Å². The van der Waals surface area contributed by atoms with Crippen molar-refractivity contribution < 1.29 is 23.1 Å². The minimum atomic E-state index is -0.667. The normalized spacial score (nSPS) is 12.1. The highest BCUT2D eigenvalue weighted by molar-refractivity contribution is 5.86. The van der Waals surface area contributed by atoms with E-state index in [0.717, 1.165) is 39.0 Å². The Morgan fingerprint density at radius 1 is 1.10 bits per heavy atom. The van der Waals surface area contributed by atoms with Gasteiger partial charge in [0.25, 0.3) is 5.89 Å². The predicted molar refractivity (Wildman–Crippen MR) is 110 cm³/mol. The summed E-state index contributed by atoms with van der Waals surface area (Å²) in [6.45, 7) is 5.75. The molecule has 0 fully saturated rings. The molecule has 7 heteroatoms. The zero-order valence-electron chi connectivity index (χ0n) is 17.3. The van der Waals surface area contributed by atoms with Crippen LogP contribution in [0.15, 0.2) is 51.5 Å². The van der Waals surface area contributed by atoms with Gasteiger partial charge in [0, 0.05) is 16.5 Å². The minimum Gasteiger partial charge on any atom is -0.497 e. The van der Waals surface area contributed by atoms with Gasteiger partial charge >= 0.3 is 5.97 Å². The first-order valence-electron chi connectivity index (χ1n) is 9.59. The molecule has 0 unspecified atom stereocenters. The van der Waals surface area contributed by atoms with Gasteiger partial charge in [-0.25, -0.2) is 0 Å². The summed E-state index contributed by atoms with van der Waals surface area (Å²) in [5, 5.41) is 8.97. The molecule has 2 aromatic heterocycles. The van der Waals surface area contributed by atoms with E-state index in [9.17, 15) is 4.79 Å². The van der Waals surface area contributed by atoms with Crippen molar-refractivity contribution in [3.63, 3.8) is 0 Å². The van der Waals surface area contributed by atoms with Crippen molar-refractivity contribution in [2.75, 3.05) is 7.11 Å². The maximum Gasteiger partial charge on any atom is 0.311 e. The van der Waals surface area contributed by atoms with Crippen LogP contribution in [0.25, 0.3) is 22.4 Å². The number of nitrogens with zero attached hydrogens (tertiary/aromatic N) is 2. The number of aromatic nitrogens is 2. The Hall–Kier alpha value is -3.61. The van der Waals surface area contributed by atoms with E-state index in [-0.39, 0.29) is 12.3 Å². The Bertz CT molecular complexity index is 1190. The average Bonchev–Trinajstić information content (AvgIpc) is 3.37.